The highest BCUT2D eigenvalue weighted by molar-refractivity contribution is 6.30. The first-order valence-corrected chi connectivity index (χ1v) is 18.9. The molecule has 0 spiro atoms. The van der Waals surface area contributed by atoms with Crippen molar-refractivity contribution in [2.75, 3.05) is 40.3 Å². The SMILES string of the molecule is CNC(=O)CCC[C@@](O)(c1cccc(Cl)c1)[C@@H]1CCCN(C(=O)OC(C)(C)C)C1.CNC(=O)CCC[C@@](O)(c1cccc(Cl)c1)[C@@H]1CCCNC1. The molecule has 5 N–H and O–H groups in total. The van der Waals surface area contributed by atoms with E-state index >= 15 is 0 Å². The summed E-state index contributed by atoms with van der Waals surface area (Å²) in [5, 5.41) is 32.9. The summed E-state index contributed by atoms with van der Waals surface area (Å²) in [6.07, 6.45) is 6.16. The number of nitrogens with zero attached hydrogens (tertiary/aromatic N) is 1. The van der Waals surface area contributed by atoms with Crippen LogP contribution in [-0.4, -0.2) is 78.9 Å². The van der Waals surface area contributed by atoms with Crippen molar-refractivity contribution < 1.29 is 29.3 Å². The second-order valence-electron chi connectivity index (χ2n) is 14.7. The van der Waals surface area contributed by atoms with E-state index in [-0.39, 0.29) is 29.7 Å². The van der Waals surface area contributed by atoms with Crippen molar-refractivity contribution in [3.8, 4) is 0 Å². The van der Waals surface area contributed by atoms with Crippen LogP contribution >= 0.6 is 23.2 Å². The molecule has 4 atom stereocenters. The van der Waals surface area contributed by atoms with Gasteiger partial charge in [0.05, 0.1) is 11.2 Å². The number of carbonyl (C=O) groups excluding carboxylic acids is 3. The summed E-state index contributed by atoms with van der Waals surface area (Å²) in [6.45, 7) is 8.32. The lowest BCUT2D eigenvalue weighted by Crippen LogP contribution is -2.49. The molecule has 0 saturated carbocycles. The van der Waals surface area contributed by atoms with Crippen molar-refractivity contribution in [1.82, 2.24) is 20.9 Å². The molecular weight excluding hydrogens is 691 g/mol. The fourth-order valence-electron chi connectivity index (χ4n) is 7.09. The second kappa shape index (κ2) is 19.8. The van der Waals surface area contributed by atoms with Gasteiger partial charge in [0.15, 0.2) is 0 Å². The largest absolute Gasteiger partial charge is 0.444 e. The lowest BCUT2D eigenvalue weighted by molar-refractivity contribution is -0.122. The summed E-state index contributed by atoms with van der Waals surface area (Å²) < 4.78 is 5.52. The molecule has 3 amide bonds. The Balaban J connectivity index is 0.000000286. The van der Waals surface area contributed by atoms with Crippen LogP contribution in [0, 0.1) is 11.8 Å². The number of benzene rings is 2. The third kappa shape index (κ3) is 12.9. The Morgan fingerprint density at radius 1 is 0.843 bits per heavy atom. The Morgan fingerprint density at radius 3 is 1.80 bits per heavy atom. The van der Waals surface area contributed by atoms with Gasteiger partial charge in [0.2, 0.25) is 11.8 Å². The van der Waals surface area contributed by atoms with Gasteiger partial charge in [-0.1, -0.05) is 47.5 Å². The standard InChI is InChI=1S/C22H33ClN2O4.C17H25ClN2O2/c1-21(2,3)29-20(27)25-13-7-9-17(15-25)22(28,12-6-11-19(26)24-4)16-8-5-10-18(23)14-16;1-19-16(21)8-3-9-17(22,14-6-4-10-20-12-14)13-5-2-7-15(18)11-13/h5,8,10,14,17,28H,6-7,9,11-13,15H2,1-4H3,(H,24,26);2,5,7,11,14,20,22H,3-4,6,8-10,12H2,1H3,(H,19,21)/t17-,22-;14-,17-/m11/s1. The zero-order chi connectivity index (χ0) is 37.7. The van der Waals surface area contributed by atoms with Crippen LogP contribution in [-0.2, 0) is 25.5 Å². The third-order valence-electron chi connectivity index (χ3n) is 9.85. The molecule has 284 valence electrons. The van der Waals surface area contributed by atoms with Crippen LogP contribution in [0.4, 0.5) is 4.79 Å². The minimum absolute atomic E-state index is 0.00946. The van der Waals surface area contributed by atoms with Gasteiger partial charge in [-0.05, 0) is 114 Å². The number of carbonyl (C=O) groups is 3. The van der Waals surface area contributed by atoms with E-state index in [1.54, 1.807) is 31.1 Å². The van der Waals surface area contributed by atoms with Crippen molar-refractivity contribution >= 4 is 41.1 Å². The molecule has 2 aliphatic heterocycles. The molecule has 2 aliphatic rings. The zero-order valence-electron chi connectivity index (χ0n) is 30.9. The van der Waals surface area contributed by atoms with E-state index in [1.165, 1.54) is 0 Å². The van der Waals surface area contributed by atoms with Crippen molar-refractivity contribution in [1.29, 1.82) is 0 Å². The number of ether oxygens (including phenoxy) is 1. The third-order valence-corrected chi connectivity index (χ3v) is 10.3. The zero-order valence-corrected chi connectivity index (χ0v) is 32.4. The van der Waals surface area contributed by atoms with Crippen molar-refractivity contribution in [3.05, 3.63) is 69.7 Å². The highest BCUT2D eigenvalue weighted by Crippen LogP contribution is 2.41. The first-order chi connectivity index (χ1) is 24.1. The summed E-state index contributed by atoms with van der Waals surface area (Å²) >= 11 is 12.3. The van der Waals surface area contributed by atoms with Crippen LogP contribution in [0.3, 0.4) is 0 Å². The monoisotopic (exact) mass is 748 g/mol. The van der Waals surface area contributed by atoms with Gasteiger partial charge >= 0.3 is 6.09 Å². The molecular formula is C39H58Cl2N4O6. The Kier molecular flexibility index (Phi) is 16.5. The first kappa shape index (κ1) is 42.5. The van der Waals surface area contributed by atoms with Gasteiger partial charge in [0, 0.05) is 68.5 Å². The van der Waals surface area contributed by atoms with E-state index in [4.69, 9.17) is 27.9 Å². The number of nitrogens with one attached hydrogen (secondary N) is 3. The molecule has 51 heavy (non-hydrogen) atoms. The lowest BCUT2D eigenvalue weighted by atomic mass is 9.74. The topological polar surface area (TPSA) is 140 Å². The Bertz CT molecular complexity index is 1430. The van der Waals surface area contributed by atoms with Gasteiger partial charge in [-0.2, -0.15) is 0 Å². The summed E-state index contributed by atoms with van der Waals surface area (Å²) in [6, 6.07) is 14.7. The molecule has 4 rings (SSSR count). The van der Waals surface area contributed by atoms with E-state index in [0.717, 1.165) is 49.9 Å². The van der Waals surface area contributed by atoms with E-state index < -0.39 is 16.8 Å². The maximum absolute atomic E-state index is 12.6. The number of halogens is 2. The van der Waals surface area contributed by atoms with Crippen molar-refractivity contribution in [2.45, 2.75) is 102 Å². The summed E-state index contributed by atoms with van der Waals surface area (Å²) in [4.78, 5) is 37.3. The van der Waals surface area contributed by atoms with Crippen LogP contribution < -0.4 is 16.0 Å². The molecule has 0 aromatic heterocycles. The second-order valence-corrected chi connectivity index (χ2v) is 15.6. The van der Waals surface area contributed by atoms with E-state index in [0.29, 0.717) is 61.7 Å². The van der Waals surface area contributed by atoms with E-state index in [2.05, 4.69) is 16.0 Å². The minimum atomic E-state index is -1.18. The predicted molar refractivity (Wildman–Crippen MR) is 203 cm³/mol. The molecule has 2 aromatic carbocycles. The fourth-order valence-corrected chi connectivity index (χ4v) is 7.47. The number of hydrogen-bond donors (Lipinski definition) is 5. The van der Waals surface area contributed by atoms with Gasteiger partial charge < -0.3 is 35.8 Å². The van der Waals surface area contributed by atoms with Crippen molar-refractivity contribution in [2.24, 2.45) is 11.8 Å². The van der Waals surface area contributed by atoms with Crippen LogP contribution in [0.2, 0.25) is 10.0 Å². The number of aliphatic hydroxyl groups is 2. The molecule has 2 heterocycles. The number of piperidine rings is 2. The molecule has 10 nitrogen and oxygen atoms in total. The average molecular weight is 750 g/mol. The molecule has 0 bridgehead atoms. The quantitative estimate of drug-likeness (QED) is 0.166. The first-order valence-electron chi connectivity index (χ1n) is 18.2. The Hall–Kier alpha value is -2.89. The molecule has 2 saturated heterocycles. The number of amides is 3. The van der Waals surface area contributed by atoms with Crippen LogP contribution in [0.1, 0.15) is 96.1 Å². The maximum Gasteiger partial charge on any atom is 0.410 e. The minimum Gasteiger partial charge on any atom is -0.444 e. The van der Waals surface area contributed by atoms with Crippen LogP contribution in [0.15, 0.2) is 48.5 Å². The molecule has 0 unspecified atom stereocenters. The Morgan fingerprint density at radius 2 is 1.35 bits per heavy atom. The van der Waals surface area contributed by atoms with Gasteiger partial charge in [-0.15, -0.1) is 0 Å². The molecule has 12 heteroatoms. The van der Waals surface area contributed by atoms with Gasteiger partial charge in [-0.25, -0.2) is 4.79 Å². The fraction of sp³-hybridized carbons (Fsp3) is 0.615. The highest BCUT2D eigenvalue weighted by Gasteiger charge is 2.42. The maximum atomic E-state index is 12.6. The smallest absolute Gasteiger partial charge is 0.410 e. The average Bonchev–Trinajstić information content (AvgIpc) is 3.11. The molecule has 0 radical (unpaired) electrons. The molecule has 2 aromatic rings. The van der Waals surface area contributed by atoms with Crippen LogP contribution in [0.25, 0.3) is 0 Å². The normalized spacial score (nSPS) is 20.1. The number of hydrogen-bond acceptors (Lipinski definition) is 7. The summed E-state index contributed by atoms with van der Waals surface area (Å²) in [7, 11) is 3.24. The highest BCUT2D eigenvalue weighted by atomic mass is 35.5. The van der Waals surface area contributed by atoms with E-state index in [1.807, 2.05) is 57.2 Å². The van der Waals surface area contributed by atoms with Crippen molar-refractivity contribution in [3.63, 3.8) is 0 Å². The predicted octanol–water partition coefficient (Wildman–Crippen LogP) is 6.53. The summed E-state index contributed by atoms with van der Waals surface area (Å²) in [5.41, 5.74) is -1.12. The Labute approximate surface area is 314 Å². The number of rotatable bonds is 12. The van der Waals surface area contributed by atoms with Gasteiger partial charge in [-0.3, -0.25) is 9.59 Å². The van der Waals surface area contributed by atoms with Gasteiger partial charge in [0.25, 0.3) is 0 Å². The van der Waals surface area contributed by atoms with Crippen LogP contribution in [0.5, 0.6) is 0 Å². The number of likely N-dealkylation sites (tertiary alicyclic amines) is 1. The molecule has 2 fully saturated rings. The van der Waals surface area contributed by atoms with Gasteiger partial charge in [0.1, 0.15) is 5.60 Å². The lowest BCUT2D eigenvalue weighted by Gasteiger charge is -2.43. The van der Waals surface area contributed by atoms with E-state index in [9.17, 15) is 24.6 Å². The molecule has 0 aliphatic carbocycles. The summed E-state index contributed by atoms with van der Waals surface area (Å²) in [5.74, 6) is -0.0796.